The number of hydrogen-bond acceptors (Lipinski definition) is 9. The van der Waals surface area contributed by atoms with Gasteiger partial charge in [0.2, 0.25) is 0 Å². The first-order chi connectivity index (χ1) is 20.6. The Morgan fingerprint density at radius 3 is 1.38 bits per heavy atom. The number of nitrogens with zero attached hydrogens (tertiary/aromatic N) is 2. The molecule has 3 unspecified atom stereocenters. The third-order valence-corrected chi connectivity index (χ3v) is 5.54. The van der Waals surface area contributed by atoms with E-state index in [0.717, 1.165) is 42.7 Å². The summed E-state index contributed by atoms with van der Waals surface area (Å²) in [6.45, 7) is 2.74. The second-order valence-corrected chi connectivity index (χ2v) is 9.02. The van der Waals surface area contributed by atoms with Gasteiger partial charge in [0.05, 0.1) is 50.3 Å². The number of halogens is 2. The molecule has 0 amide bonds. The van der Waals surface area contributed by atoms with E-state index in [-0.39, 0.29) is 202 Å². The third kappa shape index (κ3) is 46.1. The van der Waals surface area contributed by atoms with Crippen molar-refractivity contribution in [2.75, 3.05) is 38.1 Å². The Kier molecular flexibility index (Phi) is 71.0. The van der Waals surface area contributed by atoms with E-state index < -0.39 is 6.10 Å². The van der Waals surface area contributed by atoms with E-state index >= 15 is 0 Å². The molecule has 3 aromatic rings. The Bertz CT molecular complexity index is 1150. The zero-order chi connectivity index (χ0) is 30.7. The first kappa shape index (κ1) is 69.8. The van der Waals surface area contributed by atoms with E-state index in [1.165, 1.54) is 0 Å². The van der Waals surface area contributed by atoms with Gasteiger partial charge >= 0.3 is 103 Å². The van der Waals surface area contributed by atoms with Crippen molar-refractivity contribution in [2.45, 2.75) is 18.3 Å². The van der Waals surface area contributed by atoms with Gasteiger partial charge in [-0.15, -0.1) is 23.2 Å². The summed E-state index contributed by atoms with van der Waals surface area (Å²) in [6, 6.07) is 28.9. The van der Waals surface area contributed by atoms with Crippen LogP contribution in [0.4, 0.5) is 0 Å². The number of aldehydes is 1. The van der Waals surface area contributed by atoms with Crippen molar-refractivity contribution < 1.29 is 202 Å². The molecule has 0 aromatic heterocycles. The molecule has 0 aliphatic carbocycles. The van der Waals surface area contributed by atoms with Gasteiger partial charge in [0.25, 0.3) is 6.47 Å². The number of carbonyl (C=O) groups excluding carboxylic acids is 2. The minimum atomic E-state index is -0.540. The van der Waals surface area contributed by atoms with Gasteiger partial charge in [0, 0.05) is 81.2 Å². The van der Waals surface area contributed by atoms with Gasteiger partial charge in [-0.2, -0.15) is 0 Å². The molecule has 2 aliphatic heterocycles. The van der Waals surface area contributed by atoms with Crippen LogP contribution in [-0.4, -0.2) is 86.7 Å². The van der Waals surface area contributed by atoms with Crippen LogP contribution in [0, 0.1) is 22.3 Å². The van der Waals surface area contributed by atoms with Gasteiger partial charge < -0.3 is 48.4 Å². The molecule has 2 fully saturated rings. The summed E-state index contributed by atoms with van der Waals surface area (Å²) >= 11 is 10.7. The topological polar surface area (TPSA) is 136 Å². The maximum atomic E-state index is 10.0. The predicted molar refractivity (Wildman–Crippen MR) is 184 cm³/mol. The Labute approximate surface area is 438 Å². The van der Waals surface area contributed by atoms with Crippen LogP contribution in [0.15, 0.2) is 101 Å². The molecule has 2 aliphatic rings. The Hall–Kier alpha value is 1.90. The number of carbonyl (C=O) groups is 2. The van der Waals surface area contributed by atoms with Crippen LogP contribution in [0.1, 0.15) is 22.9 Å². The number of aliphatic hydroxyl groups excluding tert-OH is 1. The third-order valence-electron chi connectivity index (χ3n) is 4.83. The number of rotatable bonds is 10. The normalized spacial score (nSPS) is 13.8. The van der Waals surface area contributed by atoms with Crippen LogP contribution >= 0.6 is 23.2 Å². The molecule has 50 heavy (non-hydrogen) atoms. The van der Waals surface area contributed by atoms with E-state index in [4.69, 9.17) is 47.8 Å². The zero-order valence-corrected chi connectivity index (χ0v) is 45.8. The minimum absolute atomic E-state index is 0. The van der Waals surface area contributed by atoms with Gasteiger partial charge in [0.1, 0.15) is 12.4 Å². The van der Waals surface area contributed by atoms with Crippen molar-refractivity contribution in [1.82, 2.24) is 0 Å². The second-order valence-electron chi connectivity index (χ2n) is 8.40. The maximum Gasteiger partial charge on any atom is 1.00 e. The van der Waals surface area contributed by atoms with Gasteiger partial charge in [-0.25, -0.2) is 0 Å². The van der Waals surface area contributed by atoms with Crippen molar-refractivity contribution in [1.29, 1.82) is 0 Å². The first-order valence-corrected chi connectivity index (χ1v) is 14.0. The molecule has 0 radical (unpaired) electrons. The quantitative estimate of drug-likeness (QED) is 0.0412. The molecule has 9 nitrogen and oxygen atoms in total. The monoisotopic (exact) mass is 1290 g/mol. The van der Waals surface area contributed by atoms with Crippen molar-refractivity contribution >= 4 is 48.4 Å². The van der Waals surface area contributed by atoms with E-state index in [9.17, 15) is 4.79 Å². The molecule has 5 rings (SSSR count). The summed E-state index contributed by atoms with van der Waals surface area (Å²) in [6.07, 6.45) is 4.71. The molecule has 0 spiro atoms. The SMILES string of the molecule is C(=NCC1CO1)c1ccccc1.ClCC1CO1.O=CO[O-].O=Cc1ccccc1.OC(CCl)CN=Cc1ccccc1.[CH3-].[CH3-].[CH3-].[H-].[K+].[K+].[W].[W].[W]. The van der Waals surface area contributed by atoms with E-state index in [0.29, 0.717) is 24.6 Å². The molecule has 3 aromatic carbocycles. The fourth-order valence-corrected chi connectivity index (χ4v) is 2.82. The summed E-state index contributed by atoms with van der Waals surface area (Å²) < 4.78 is 9.76. The van der Waals surface area contributed by atoms with Gasteiger partial charge in [0.15, 0.2) is 0 Å². The number of aliphatic hydroxyl groups is 1. The van der Waals surface area contributed by atoms with Crippen LogP contribution in [0.2, 0.25) is 0 Å². The molecule has 16 heteroatoms. The molecule has 0 bridgehead atoms. The zero-order valence-electron chi connectivity index (χ0n) is 30.2. The predicted octanol–water partition coefficient (Wildman–Crippen LogP) is -0.769. The van der Waals surface area contributed by atoms with Crippen LogP contribution in [0.25, 0.3) is 0 Å². The Morgan fingerprint density at radius 2 is 1.12 bits per heavy atom. The average molecular weight is 1290 g/mol. The summed E-state index contributed by atoms with van der Waals surface area (Å²) in [7, 11) is 0. The van der Waals surface area contributed by atoms with Crippen molar-refractivity contribution in [3.8, 4) is 0 Å². The number of hydrogen-bond donors (Lipinski definition) is 1. The molecule has 270 valence electrons. The molecule has 0 saturated carbocycles. The van der Waals surface area contributed by atoms with Gasteiger partial charge in [-0.3, -0.25) is 19.6 Å². The van der Waals surface area contributed by atoms with Crippen molar-refractivity contribution in [3.05, 3.63) is 130 Å². The number of ether oxygens (including phenoxy) is 2. The molecule has 2 saturated heterocycles. The summed E-state index contributed by atoms with van der Waals surface area (Å²) in [4.78, 5) is 29.6. The van der Waals surface area contributed by atoms with E-state index in [1.54, 1.807) is 18.3 Å². The molecular formula is C34H45Cl2K2N2O7W3-3. The van der Waals surface area contributed by atoms with Crippen molar-refractivity contribution in [2.24, 2.45) is 9.98 Å². The first-order valence-electron chi connectivity index (χ1n) is 12.9. The molecular weight excluding hydrogens is 1250 g/mol. The van der Waals surface area contributed by atoms with Gasteiger partial charge in [-0.1, -0.05) is 91.0 Å². The maximum absolute atomic E-state index is 10.0. The van der Waals surface area contributed by atoms with E-state index in [1.807, 2.05) is 85.1 Å². The fourth-order valence-electron chi connectivity index (χ4n) is 2.54. The molecule has 1 N–H and O–H groups in total. The molecule has 3 atom stereocenters. The van der Waals surface area contributed by atoms with Gasteiger partial charge in [-0.05, 0) is 11.1 Å². The van der Waals surface area contributed by atoms with Crippen LogP contribution in [0.5, 0.6) is 0 Å². The molecule has 2 heterocycles. The number of epoxide rings is 2. The summed E-state index contributed by atoms with van der Waals surface area (Å²) in [5, 5.41) is 17.5. The van der Waals surface area contributed by atoms with Crippen LogP contribution < -0.4 is 108 Å². The standard InChI is InChI=1S/C10H12ClNO.C10H11NO.C7H6O.C3H5ClO.CH2O3.3CH3.2K.3W.H/c11-6-10(13)8-12-7-9-4-2-1-3-5-9;1-2-4-9(5-3-1)6-11-7-10-8-12-10;8-6-7-4-2-1-3-5-7;4-1-3-2-5-3;2-1-4-3;;;;;;;;;/h1-5,7,10,13H,6,8H2;1-6,10H,7-8H2;1-6H;3H,1-2H2;1,3H;3*1H3;;;;;;/q;;;;;3*-1;2*+1;;;;-1/p-1. The van der Waals surface area contributed by atoms with Crippen molar-refractivity contribution in [3.63, 3.8) is 0 Å². The number of alkyl halides is 2. The Morgan fingerprint density at radius 1 is 0.760 bits per heavy atom. The van der Waals surface area contributed by atoms with Crippen LogP contribution in [-0.2, 0) is 82.4 Å². The largest absolute Gasteiger partial charge is 1.00 e. The summed E-state index contributed by atoms with van der Waals surface area (Å²) in [5.74, 6) is 0.895. The number of aliphatic imine (C=N–C) groups is 2. The number of benzene rings is 3. The average Bonchev–Trinajstić information content (AvgIpc) is 3.99. The Balaban J connectivity index is -0.0000000620. The second kappa shape index (κ2) is 50.9. The fraction of sp³-hybridized carbons (Fsp3) is 0.265. The smallest absolute Gasteiger partial charge is 1.00 e. The van der Waals surface area contributed by atoms with E-state index in [2.05, 4.69) is 14.9 Å². The minimum Gasteiger partial charge on any atom is -1.00 e. The van der Waals surface area contributed by atoms with Crippen LogP contribution in [0.3, 0.4) is 0 Å². The summed E-state index contributed by atoms with van der Waals surface area (Å²) in [5.41, 5.74) is 2.91.